The third kappa shape index (κ3) is 4.39. The molecular formula is C15H25NO. The minimum Gasteiger partial charge on any atom is -0.493 e. The number of aryl methyl sites for hydroxylation is 1. The second-order valence-electron chi connectivity index (χ2n) is 5.03. The van der Waals surface area contributed by atoms with Crippen molar-refractivity contribution in [2.24, 2.45) is 5.92 Å². The highest BCUT2D eigenvalue weighted by Crippen LogP contribution is 2.26. The highest BCUT2D eigenvalue weighted by atomic mass is 16.5. The van der Waals surface area contributed by atoms with Gasteiger partial charge >= 0.3 is 0 Å². The molecular weight excluding hydrogens is 210 g/mol. The minimum atomic E-state index is 0.336. The van der Waals surface area contributed by atoms with Crippen molar-refractivity contribution in [1.29, 1.82) is 0 Å². The third-order valence-corrected chi connectivity index (χ3v) is 2.72. The monoisotopic (exact) mass is 235 g/mol. The predicted molar refractivity (Wildman–Crippen MR) is 73.6 cm³/mol. The molecule has 0 aliphatic heterocycles. The molecule has 0 aliphatic rings. The molecule has 0 heterocycles. The van der Waals surface area contributed by atoms with Gasteiger partial charge in [-0.05, 0) is 37.9 Å². The molecule has 0 amide bonds. The van der Waals surface area contributed by atoms with E-state index in [4.69, 9.17) is 4.74 Å². The molecule has 96 valence electrons. The van der Waals surface area contributed by atoms with Crippen molar-refractivity contribution < 1.29 is 4.74 Å². The van der Waals surface area contributed by atoms with Crippen molar-refractivity contribution in [2.45, 2.75) is 40.7 Å². The first-order valence-corrected chi connectivity index (χ1v) is 6.51. The van der Waals surface area contributed by atoms with Gasteiger partial charge < -0.3 is 10.1 Å². The first-order chi connectivity index (χ1) is 8.04. The zero-order chi connectivity index (χ0) is 12.8. The number of ether oxygens (including phenoxy) is 1. The molecule has 1 N–H and O–H groups in total. The van der Waals surface area contributed by atoms with E-state index in [2.05, 4.69) is 58.1 Å². The highest BCUT2D eigenvalue weighted by molar-refractivity contribution is 5.39. The van der Waals surface area contributed by atoms with Gasteiger partial charge in [-0.15, -0.1) is 0 Å². The van der Waals surface area contributed by atoms with Crippen LogP contribution >= 0.6 is 0 Å². The fourth-order valence-electron chi connectivity index (χ4n) is 1.80. The van der Waals surface area contributed by atoms with Crippen molar-refractivity contribution in [3.05, 3.63) is 29.3 Å². The summed E-state index contributed by atoms with van der Waals surface area (Å²) >= 11 is 0. The van der Waals surface area contributed by atoms with Gasteiger partial charge in [0.25, 0.3) is 0 Å². The quantitative estimate of drug-likeness (QED) is 0.811. The smallest absolute Gasteiger partial charge is 0.124 e. The maximum atomic E-state index is 5.91. The van der Waals surface area contributed by atoms with Gasteiger partial charge in [0, 0.05) is 11.6 Å². The fraction of sp³-hybridized carbons (Fsp3) is 0.600. The Kier molecular flexibility index (Phi) is 5.49. The van der Waals surface area contributed by atoms with Gasteiger partial charge in [-0.3, -0.25) is 0 Å². The molecule has 1 atom stereocenters. The molecule has 1 aromatic rings. The number of benzene rings is 1. The van der Waals surface area contributed by atoms with Gasteiger partial charge in [0.2, 0.25) is 0 Å². The van der Waals surface area contributed by atoms with Crippen molar-refractivity contribution in [1.82, 2.24) is 5.32 Å². The second-order valence-corrected chi connectivity index (χ2v) is 5.03. The summed E-state index contributed by atoms with van der Waals surface area (Å²) in [6.45, 7) is 12.5. The van der Waals surface area contributed by atoms with Crippen LogP contribution in [-0.2, 0) is 0 Å². The lowest BCUT2D eigenvalue weighted by Gasteiger charge is -2.19. The van der Waals surface area contributed by atoms with Crippen LogP contribution in [0, 0.1) is 12.8 Å². The molecule has 0 spiro atoms. The zero-order valence-corrected chi connectivity index (χ0v) is 11.7. The largest absolute Gasteiger partial charge is 0.493 e. The molecule has 0 aromatic heterocycles. The third-order valence-electron chi connectivity index (χ3n) is 2.72. The Morgan fingerprint density at radius 1 is 1.24 bits per heavy atom. The van der Waals surface area contributed by atoms with E-state index in [1.807, 2.05) is 0 Å². The van der Waals surface area contributed by atoms with E-state index in [0.717, 1.165) is 18.9 Å². The Bertz CT molecular complexity index is 347. The van der Waals surface area contributed by atoms with Crippen LogP contribution in [0.15, 0.2) is 18.2 Å². The summed E-state index contributed by atoms with van der Waals surface area (Å²) in [4.78, 5) is 0. The van der Waals surface area contributed by atoms with E-state index in [-0.39, 0.29) is 0 Å². The first-order valence-electron chi connectivity index (χ1n) is 6.51. The lowest BCUT2D eigenvalue weighted by molar-refractivity contribution is 0.266. The molecule has 0 radical (unpaired) electrons. The Balaban J connectivity index is 2.87. The Labute approximate surface area is 105 Å². The fourth-order valence-corrected chi connectivity index (χ4v) is 1.80. The molecule has 0 saturated heterocycles. The standard InChI is InChI=1S/C15H25NO/c1-6-16-13(5)14-8-7-12(4)9-15(14)17-10-11(2)3/h7-9,11,13,16H,6,10H2,1-5H3. The van der Waals surface area contributed by atoms with Crippen LogP contribution in [0.5, 0.6) is 5.75 Å². The molecule has 0 bridgehead atoms. The van der Waals surface area contributed by atoms with Crippen molar-refractivity contribution in [3.8, 4) is 5.75 Å². The summed E-state index contributed by atoms with van der Waals surface area (Å²) in [5.74, 6) is 1.57. The van der Waals surface area contributed by atoms with Crippen molar-refractivity contribution >= 4 is 0 Å². The predicted octanol–water partition coefficient (Wildman–Crippen LogP) is 3.70. The summed E-state index contributed by atoms with van der Waals surface area (Å²) in [5.41, 5.74) is 2.49. The maximum absolute atomic E-state index is 5.91. The average Bonchev–Trinajstić information content (AvgIpc) is 2.26. The molecule has 0 fully saturated rings. The molecule has 2 heteroatoms. The number of hydrogen-bond donors (Lipinski definition) is 1. The van der Waals surface area contributed by atoms with Gasteiger partial charge in [-0.1, -0.05) is 32.9 Å². The highest BCUT2D eigenvalue weighted by Gasteiger charge is 2.11. The Morgan fingerprint density at radius 2 is 1.94 bits per heavy atom. The SMILES string of the molecule is CCNC(C)c1ccc(C)cc1OCC(C)C. The van der Waals surface area contributed by atoms with E-state index >= 15 is 0 Å². The van der Waals surface area contributed by atoms with Crippen molar-refractivity contribution in [2.75, 3.05) is 13.2 Å². The average molecular weight is 235 g/mol. The minimum absolute atomic E-state index is 0.336. The van der Waals surface area contributed by atoms with Gasteiger partial charge in [-0.2, -0.15) is 0 Å². The normalized spacial score (nSPS) is 12.8. The Morgan fingerprint density at radius 3 is 2.53 bits per heavy atom. The van der Waals surface area contributed by atoms with Crippen LogP contribution in [0.3, 0.4) is 0 Å². The summed E-state index contributed by atoms with van der Waals surface area (Å²) in [6.07, 6.45) is 0. The van der Waals surface area contributed by atoms with Crippen LogP contribution in [0.25, 0.3) is 0 Å². The van der Waals surface area contributed by atoms with Crippen LogP contribution in [0.1, 0.15) is 44.9 Å². The van der Waals surface area contributed by atoms with E-state index in [1.54, 1.807) is 0 Å². The molecule has 1 rings (SSSR count). The Hall–Kier alpha value is -1.02. The second kappa shape index (κ2) is 6.65. The molecule has 2 nitrogen and oxygen atoms in total. The summed E-state index contributed by atoms with van der Waals surface area (Å²) in [5, 5.41) is 3.43. The van der Waals surface area contributed by atoms with E-state index < -0.39 is 0 Å². The van der Waals surface area contributed by atoms with Crippen LogP contribution in [0.4, 0.5) is 0 Å². The summed E-state index contributed by atoms with van der Waals surface area (Å²) in [6, 6.07) is 6.78. The van der Waals surface area contributed by atoms with E-state index in [9.17, 15) is 0 Å². The van der Waals surface area contributed by atoms with Gasteiger partial charge in [0.1, 0.15) is 5.75 Å². The first kappa shape index (κ1) is 14.0. The van der Waals surface area contributed by atoms with E-state index in [0.29, 0.717) is 12.0 Å². The van der Waals surface area contributed by atoms with Crippen LogP contribution in [0.2, 0.25) is 0 Å². The molecule has 0 saturated carbocycles. The van der Waals surface area contributed by atoms with Crippen LogP contribution in [-0.4, -0.2) is 13.2 Å². The maximum Gasteiger partial charge on any atom is 0.124 e. The lowest BCUT2D eigenvalue weighted by atomic mass is 10.0. The van der Waals surface area contributed by atoms with Gasteiger partial charge in [0.15, 0.2) is 0 Å². The molecule has 1 aromatic carbocycles. The topological polar surface area (TPSA) is 21.3 Å². The lowest BCUT2D eigenvalue weighted by Crippen LogP contribution is -2.19. The molecule has 1 unspecified atom stereocenters. The van der Waals surface area contributed by atoms with Gasteiger partial charge in [0.05, 0.1) is 6.61 Å². The van der Waals surface area contributed by atoms with E-state index in [1.165, 1.54) is 11.1 Å². The summed E-state index contributed by atoms with van der Waals surface area (Å²) in [7, 11) is 0. The van der Waals surface area contributed by atoms with Crippen molar-refractivity contribution in [3.63, 3.8) is 0 Å². The number of hydrogen-bond acceptors (Lipinski definition) is 2. The number of rotatable bonds is 6. The van der Waals surface area contributed by atoms with Gasteiger partial charge in [-0.25, -0.2) is 0 Å². The summed E-state index contributed by atoms with van der Waals surface area (Å²) < 4.78 is 5.91. The number of nitrogens with one attached hydrogen (secondary N) is 1. The molecule has 0 aliphatic carbocycles. The molecule has 17 heavy (non-hydrogen) atoms. The van der Waals surface area contributed by atoms with Crippen LogP contribution < -0.4 is 10.1 Å². The zero-order valence-electron chi connectivity index (χ0n) is 11.7.